The maximum atomic E-state index is 12.5. The van der Waals surface area contributed by atoms with Gasteiger partial charge in [0.05, 0.1) is 10.7 Å². The SMILES string of the molecule is CC(C)Cc1cc(Cl)cn(-c2ccc(C3CC3)nn2)c1=O. The highest BCUT2D eigenvalue weighted by molar-refractivity contribution is 6.30. The molecule has 0 aliphatic heterocycles. The molecule has 0 unspecified atom stereocenters. The number of pyridine rings is 1. The molecule has 0 aromatic carbocycles. The van der Waals surface area contributed by atoms with Gasteiger partial charge >= 0.3 is 0 Å². The van der Waals surface area contributed by atoms with E-state index in [-0.39, 0.29) is 5.56 Å². The Morgan fingerprint density at radius 2 is 2.10 bits per heavy atom. The molecular weight excluding hydrogens is 286 g/mol. The lowest BCUT2D eigenvalue weighted by Crippen LogP contribution is -2.24. The molecule has 0 spiro atoms. The second-order valence-corrected chi connectivity index (χ2v) is 6.48. The zero-order chi connectivity index (χ0) is 15.0. The van der Waals surface area contributed by atoms with Crippen LogP contribution >= 0.6 is 11.6 Å². The van der Waals surface area contributed by atoms with Crippen molar-refractivity contribution in [1.29, 1.82) is 0 Å². The normalized spacial score (nSPS) is 14.7. The topological polar surface area (TPSA) is 47.8 Å². The molecule has 21 heavy (non-hydrogen) atoms. The van der Waals surface area contributed by atoms with E-state index in [0.29, 0.717) is 34.7 Å². The maximum absolute atomic E-state index is 12.5. The molecule has 0 atom stereocenters. The molecule has 2 aromatic heterocycles. The third-order valence-corrected chi connectivity index (χ3v) is 3.81. The van der Waals surface area contributed by atoms with Gasteiger partial charge in [0.2, 0.25) is 0 Å². The molecule has 3 rings (SSSR count). The first-order valence-electron chi connectivity index (χ1n) is 7.29. The van der Waals surface area contributed by atoms with Gasteiger partial charge in [-0.15, -0.1) is 5.10 Å². The lowest BCUT2D eigenvalue weighted by molar-refractivity contribution is 0.638. The summed E-state index contributed by atoms with van der Waals surface area (Å²) in [6, 6.07) is 5.54. The van der Waals surface area contributed by atoms with E-state index in [9.17, 15) is 4.79 Å². The van der Waals surface area contributed by atoms with E-state index in [2.05, 4.69) is 24.0 Å². The number of halogens is 1. The predicted octanol–water partition coefficient (Wildman–Crippen LogP) is 3.36. The molecule has 1 saturated carbocycles. The predicted molar refractivity (Wildman–Crippen MR) is 83.2 cm³/mol. The van der Waals surface area contributed by atoms with Crippen molar-refractivity contribution < 1.29 is 0 Å². The molecular formula is C16H18ClN3O. The second kappa shape index (κ2) is 5.60. The minimum atomic E-state index is -0.0680. The summed E-state index contributed by atoms with van der Waals surface area (Å²) in [6.07, 6.45) is 4.68. The van der Waals surface area contributed by atoms with Crippen LogP contribution < -0.4 is 5.56 Å². The summed E-state index contributed by atoms with van der Waals surface area (Å²) < 4.78 is 1.49. The van der Waals surface area contributed by atoms with Crippen LogP contribution in [0.25, 0.3) is 5.82 Å². The molecule has 1 fully saturated rings. The fraction of sp³-hybridized carbons (Fsp3) is 0.438. The number of rotatable bonds is 4. The van der Waals surface area contributed by atoms with Gasteiger partial charge in [-0.25, -0.2) is 0 Å². The van der Waals surface area contributed by atoms with E-state index >= 15 is 0 Å². The van der Waals surface area contributed by atoms with Crippen molar-refractivity contribution >= 4 is 11.6 Å². The van der Waals surface area contributed by atoms with E-state index in [1.54, 1.807) is 12.3 Å². The van der Waals surface area contributed by atoms with E-state index in [4.69, 9.17) is 11.6 Å². The van der Waals surface area contributed by atoms with Crippen molar-refractivity contribution in [2.75, 3.05) is 0 Å². The summed E-state index contributed by atoms with van der Waals surface area (Å²) >= 11 is 6.14. The van der Waals surface area contributed by atoms with Crippen molar-refractivity contribution in [2.45, 2.75) is 39.0 Å². The van der Waals surface area contributed by atoms with Crippen molar-refractivity contribution in [3.63, 3.8) is 0 Å². The molecule has 110 valence electrons. The highest BCUT2D eigenvalue weighted by Crippen LogP contribution is 2.38. The van der Waals surface area contributed by atoms with Gasteiger partial charge < -0.3 is 0 Å². The van der Waals surface area contributed by atoms with Gasteiger partial charge in [-0.2, -0.15) is 5.10 Å². The molecule has 1 aliphatic rings. The zero-order valence-corrected chi connectivity index (χ0v) is 13.0. The summed E-state index contributed by atoms with van der Waals surface area (Å²) in [5.41, 5.74) is 1.66. The van der Waals surface area contributed by atoms with Crippen molar-refractivity contribution in [3.8, 4) is 5.82 Å². The van der Waals surface area contributed by atoms with Crippen LogP contribution in [0.15, 0.2) is 29.2 Å². The first-order chi connectivity index (χ1) is 10.0. The molecule has 0 bridgehead atoms. The van der Waals surface area contributed by atoms with Gasteiger partial charge in [0, 0.05) is 17.7 Å². The molecule has 5 heteroatoms. The van der Waals surface area contributed by atoms with Crippen molar-refractivity contribution in [3.05, 3.63) is 51.0 Å². The monoisotopic (exact) mass is 303 g/mol. The zero-order valence-electron chi connectivity index (χ0n) is 12.2. The molecule has 0 radical (unpaired) electrons. The highest BCUT2D eigenvalue weighted by Gasteiger charge is 2.25. The number of hydrogen-bond acceptors (Lipinski definition) is 3. The molecule has 0 amide bonds. The quantitative estimate of drug-likeness (QED) is 0.870. The van der Waals surface area contributed by atoms with Gasteiger partial charge in [-0.05, 0) is 43.4 Å². The molecule has 0 saturated heterocycles. The van der Waals surface area contributed by atoms with Crippen molar-refractivity contribution in [2.24, 2.45) is 5.92 Å². The van der Waals surface area contributed by atoms with E-state index in [0.717, 1.165) is 5.69 Å². The Morgan fingerprint density at radius 1 is 1.33 bits per heavy atom. The fourth-order valence-corrected chi connectivity index (χ4v) is 2.65. The molecule has 0 N–H and O–H groups in total. The summed E-state index contributed by atoms with van der Waals surface area (Å²) in [5.74, 6) is 1.48. The Balaban J connectivity index is 2.00. The molecule has 2 heterocycles. The van der Waals surface area contributed by atoms with Crippen LogP contribution in [0.2, 0.25) is 5.02 Å². The Kier molecular flexibility index (Phi) is 3.81. The Bertz CT molecular complexity index is 702. The van der Waals surface area contributed by atoms with Crippen LogP contribution in [-0.4, -0.2) is 14.8 Å². The Hall–Kier alpha value is -1.68. The maximum Gasteiger partial charge on any atom is 0.259 e. The van der Waals surface area contributed by atoms with Gasteiger partial charge in [-0.1, -0.05) is 25.4 Å². The molecule has 2 aromatic rings. The molecule has 4 nitrogen and oxygen atoms in total. The highest BCUT2D eigenvalue weighted by atomic mass is 35.5. The summed E-state index contributed by atoms with van der Waals surface area (Å²) in [4.78, 5) is 12.5. The van der Waals surface area contributed by atoms with Crippen LogP contribution in [0.1, 0.15) is 43.9 Å². The first-order valence-corrected chi connectivity index (χ1v) is 7.67. The second-order valence-electron chi connectivity index (χ2n) is 6.05. The average molecular weight is 304 g/mol. The standard InChI is InChI=1S/C16H18ClN3O/c1-10(2)7-12-8-13(17)9-20(16(12)21)15-6-5-14(18-19-15)11-3-4-11/h5-6,8-11H,3-4,7H2,1-2H3. The van der Waals surface area contributed by atoms with E-state index < -0.39 is 0 Å². The van der Waals surface area contributed by atoms with Crippen LogP contribution in [0, 0.1) is 5.92 Å². The third-order valence-electron chi connectivity index (χ3n) is 3.60. The summed E-state index contributed by atoms with van der Waals surface area (Å²) in [7, 11) is 0. The van der Waals surface area contributed by atoms with Crippen LogP contribution in [-0.2, 0) is 6.42 Å². The number of nitrogens with zero attached hydrogens (tertiary/aromatic N) is 3. The van der Waals surface area contributed by atoms with Crippen LogP contribution in [0.5, 0.6) is 0 Å². The third kappa shape index (κ3) is 3.16. The van der Waals surface area contributed by atoms with Crippen molar-refractivity contribution in [1.82, 2.24) is 14.8 Å². The first kappa shape index (κ1) is 14.3. The summed E-state index contributed by atoms with van der Waals surface area (Å²) in [5, 5.41) is 8.95. The van der Waals surface area contributed by atoms with Gasteiger partial charge in [-0.3, -0.25) is 9.36 Å². The van der Waals surface area contributed by atoms with E-state index in [1.807, 2.05) is 12.1 Å². The minimum Gasteiger partial charge on any atom is -0.269 e. The lowest BCUT2D eigenvalue weighted by atomic mass is 10.0. The molecule has 1 aliphatic carbocycles. The average Bonchev–Trinajstić information content (AvgIpc) is 3.27. The van der Waals surface area contributed by atoms with Gasteiger partial charge in [0.1, 0.15) is 0 Å². The smallest absolute Gasteiger partial charge is 0.259 e. The largest absolute Gasteiger partial charge is 0.269 e. The Labute approximate surface area is 128 Å². The van der Waals surface area contributed by atoms with Gasteiger partial charge in [0.25, 0.3) is 5.56 Å². The number of hydrogen-bond donors (Lipinski definition) is 0. The minimum absolute atomic E-state index is 0.0680. The fourth-order valence-electron chi connectivity index (χ4n) is 2.42. The Morgan fingerprint density at radius 3 is 2.67 bits per heavy atom. The van der Waals surface area contributed by atoms with Gasteiger partial charge in [0.15, 0.2) is 5.82 Å². The number of aromatic nitrogens is 3. The summed E-state index contributed by atoms with van der Waals surface area (Å²) in [6.45, 7) is 4.16. The van der Waals surface area contributed by atoms with Crippen LogP contribution in [0.3, 0.4) is 0 Å². The van der Waals surface area contributed by atoms with E-state index in [1.165, 1.54) is 17.4 Å². The lowest BCUT2D eigenvalue weighted by Gasteiger charge is -2.10. The van der Waals surface area contributed by atoms with Crippen LogP contribution in [0.4, 0.5) is 0 Å².